The lowest BCUT2D eigenvalue weighted by atomic mass is 9.86. The number of anilines is 1. The maximum absolute atomic E-state index is 12.4. The Bertz CT molecular complexity index is 620. The van der Waals surface area contributed by atoms with Gasteiger partial charge in [-0.15, -0.1) is 0 Å². The molecule has 0 unspecified atom stereocenters. The summed E-state index contributed by atoms with van der Waals surface area (Å²) < 4.78 is 0.603. The third kappa shape index (κ3) is 2.55. The van der Waals surface area contributed by atoms with Crippen molar-refractivity contribution in [3.63, 3.8) is 0 Å². The number of Topliss-reactive ketones (excluding diaryl/α,β-unsaturated/α-hetero) is 2. The number of ketones is 2. The number of amides is 1. The van der Waals surface area contributed by atoms with E-state index >= 15 is 0 Å². The Morgan fingerprint density at radius 1 is 1.19 bits per heavy atom. The summed E-state index contributed by atoms with van der Waals surface area (Å²) in [5.74, 6) is -1.02. The van der Waals surface area contributed by atoms with Gasteiger partial charge in [0.25, 0.3) is 11.7 Å². The van der Waals surface area contributed by atoms with Crippen LogP contribution >= 0.6 is 15.9 Å². The zero-order valence-electron chi connectivity index (χ0n) is 11.6. The second-order valence-corrected chi connectivity index (χ2v) is 6.51. The molecule has 0 saturated heterocycles. The van der Waals surface area contributed by atoms with E-state index in [2.05, 4.69) is 15.9 Å². The van der Waals surface area contributed by atoms with E-state index in [1.54, 1.807) is 18.2 Å². The Morgan fingerprint density at radius 3 is 2.62 bits per heavy atom. The molecule has 21 heavy (non-hydrogen) atoms. The van der Waals surface area contributed by atoms with Crippen molar-refractivity contribution >= 4 is 39.1 Å². The highest BCUT2D eigenvalue weighted by Gasteiger charge is 2.39. The number of carbonyl (C=O) groups excluding carboxylic acids is 3. The predicted molar refractivity (Wildman–Crippen MR) is 82.4 cm³/mol. The van der Waals surface area contributed by atoms with Crippen LogP contribution in [0.25, 0.3) is 0 Å². The van der Waals surface area contributed by atoms with E-state index in [0.29, 0.717) is 15.7 Å². The third-order valence-electron chi connectivity index (χ3n) is 4.32. The van der Waals surface area contributed by atoms with Crippen LogP contribution in [0.5, 0.6) is 0 Å². The highest BCUT2D eigenvalue weighted by atomic mass is 79.9. The van der Waals surface area contributed by atoms with Gasteiger partial charge in [0, 0.05) is 10.4 Å². The van der Waals surface area contributed by atoms with Crippen LogP contribution in [-0.2, 0) is 9.59 Å². The van der Waals surface area contributed by atoms with E-state index in [0.717, 1.165) is 25.7 Å². The zero-order valence-corrected chi connectivity index (χ0v) is 13.2. The van der Waals surface area contributed by atoms with E-state index in [1.165, 1.54) is 11.3 Å². The molecular weight excluding hydrogens is 334 g/mol. The van der Waals surface area contributed by atoms with Gasteiger partial charge in [-0.3, -0.25) is 19.3 Å². The number of benzene rings is 1. The summed E-state index contributed by atoms with van der Waals surface area (Å²) in [5.41, 5.74) is 0.919. The first kappa shape index (κ1) is 14.4. The van der Waals surface area contributed by atoms with Crippen LogP contribution in [0, 0.1) is 5.92 Å². The largest absolute Gasteiger partial charge is 0.299 e. The number of halogens is 1. The molecule has 0 spiro atoms. The van der Waals surface area contributed by atoms with Gasteiger partial charge >= 0.3 is 0 Å². The van der Waals surface area contributed by atoms with Gasteiger partial charge in [-0.2, -0.15) is 0 Å². The highest BCUT2D eigenvalue weighted by molar-refractivity contribution is 9.10. The van der Waals surface area contributed by atoms with Crippen molar-refractivity contribution in [2.75, 3.05) is 11.4 Å². The number of nitrogens with zero attached hydrogens (tertiary/aromatic N) is 1. The Hall–Kier alpha value is -1.49. The van der Waals surface area contributed by atoms with Crippen LogP contribution in [0.2, 0.25) is 0 Å². The van der Waals surface area contributed by atoms with Crippen LogP contribution < -0.4 is 4.90 Å². The first-order valence-corrected chi connectivity index (χ1v) is 8.06. The Labute approximate surface area is 131 Å². The molecule has 1 aromatic rings. The summed E-state index contributed by atoms with van der Waals surface area (Å²) in [6.07, 6.45) is 5.14. The number of hydrogen-bond donors (Lipinski definition) is 0. The Balaban J connectivity index is 1.83. The van der Waals surface area contributed by atoms with E-state index in [9.17, 15) is 14.4 Å². The van der Waals surface area contributed by atoms with Crippen LogP contribution in [0.1, 0.15) is 42.5 Å². The van der Waals surface area contributed by atoms with Crippen molar-refractivity contribution in [3.8, 4) is 0 Å². The molecule has 1 aliphatic heterocycles. The molecule has 0 atom stereocenters. The van der Waals surface area contributed by atoms with Gasteiger partial charge in [0.05, 0.1) is 17.8 Å². The summed E-state index contributed by atoms with van der Waals surface area (Å²) in [5, 5.41) is 0. The molecule has 1 aliphatic carbocycles. The molecule has 5 heteroatoms. The standard InChI is InChI=1S/C16H16BrNO3/c17-11-7-4-8-12-14(11)15(20)16(21)18(12)9-13(19)10-5-2-1-3-6-10/h4,7-8,10H,1-3,5-6,9H2. The molecule has 0 bridgehead atoms. The maximum Gasteiger partial charge on any atom is 0.299 e. The Morgan fingerprint density at radius 2 is 1.90 bits per heavy atom. The summed E-state index contributed by atoms with van der Waals surface area (Å²) in [6, 6.07) is 5.22. The SMILES string of the molecule is O=C1C(=O)N(CC(=O)C2CCCCC2)c2cccc(Br)c21. The average Bonchev–Trinajstić information content (AvgIpc) is 2.74. The van der Waals surface area contributed by atoms with Crippen molar-refractivity contribution in [2.45, 2.75) is 32.1 Å². The number of hydrogen-bond acceptors (Lipinski definition) is 3. The minimum absolute atomic E-state index is 0.0126. The molecule has 3 rings (SSSR count). The van der Waals surface area contributed by atoms with Crippen LogP contribution in [-0.4, -0.2) is 24.0 Å². The first-order valence-electron chi connectivity index (χ1n) is 7.27. The van der Waals surface area contributed by atoms with Crippen molar-refractivity contribution in [1.29, 1.82) is 0 Å². The highest BCUT2D eigenvalue weighted by Crippen LogP contribution is 2.35. The van der Waals surface area contributed by atoms with Crippen LogP contribution in [0.15, 0.2) is 22.7 Å². The molecule has 1 heterocycles. The molecule has 1 aromatic carbocycles. The topological polar surface area (TPSA) is 54.5 Å². The minimum atomic E-state index is -0.596. The number of rotatable bonds is 3. The lowest BCUT2D eigenvalue weighted by molar-refractivity contribution is -0.124. The molecule has 0 N–H and O–H groups in total. The van der Waals surface area contributed by atoms with Crippen molar-refractivity contribution in [3.05, 3.63) is 28.2 Å². The van der Waals surface area contributed by atoms with Crippen LogP contribution in [0.4, 0.5) is 5.69 Å². The van der Waals surface area contributed by atoms with Crippen LogP contribution in [0.3, 0.4) is 0 Å². The van der Waals surface area contributed by atoms with Crippen molar-refractivity contribution in [2.24, 2.45) is 5.92 Å². The molecule has 4 nitrogen and oxygen atoms in total. The second kappa shape index (κ2) is 5.72. The van der Waals surface area contributed by atoms with E-state index in [1.807, 2.05) is 0 Å². The quantitative estimate of drug-likeness (QED) is 0.787. The zero-order chi connectivity index (χ0) is 15.0. The second-order valence-electron chi connectivity index (χ2n) is 5.66. The van der Waals surface area contributed by atoms with Gasteiger partial charge in [0.1, 0.15) is 0 Å². The number of fused-ring (bicyclic) bond motifs is 1. The fourth-order valence-electron chi connectivity index (χ4n) is 3.17. The molecular formula is C16H16BrNO3. The smallest absolute Gasteiger partial charge is 0.297 e. The van der Waals surface area contributed by atoms with Gasteiger partial charge in [-0.25, -0.2) is 0 Å². The lowest BCUT2D eigenvalue weighted by Crippen LogP contribution is -2.37. The number of carbonyl (C=O) groups is 3. The molecule has 1 fully saturated rings. The molecule has 110 valence electrons. The van der Waals surface area contributed by atoms with Crippen molar-refractivity contribution < 1.29 is 14.4 Å². The van der Waals surface area contributed by atoms with E-state index in [-0.39, 0.29) is 18.2 Å². The summed E-state index contributed by atoms with van der Waals surface area (Å²) in [4.78, 5) is 37.9. The van der Waals surface area contributed by atoms with Gasteiger partial charge in [-0.05, 0) is 40.9 Å². The Kier molecular flexibility index (Phi) is 3.93. The summed E-state index contributed by atoms with van der Waals surface area (Å²) >= 11 is 3.30. The van der Waals surface area contributed by atoms with E-state index in [4.69, 9.17) is 0 Å². The minimum Gasteiger partial charge on any atom is -0.297 e. The third-order valence-corrected chi connectivity index (χ3v) is 4.98. The monoisotopic (exact) mass is 349 g/mol. The summed E-state index contributed by atoms with van der Waals surface area (Å²) in [6.45, 7) is 0.0126. The molecule has 1 amide bonds. The fourth-order valence-corrected chi connectivity index (χ4v) is 3.70. The first-order chi connectivity index (χ1) is 10.1. The summed E-state index contributed by atoms with van der Waals surface area (Å²) in [7, 11) is 0. The predicted octanol–water partition coefficient (Wildman–Crippen LogP) is 3.13. The van der Waals surface area contributed by atoms with E-state index < -0.39 is 11.7 Å². The molecule has 2 aliphatic rings. The van der Waals surface area contributed by atoms with Gasteiger partial charge < -0.3 is 0 Å². The molecule has 1 saturated carbocycles. The van der Waals surface area contributed by atoms with Gasteiger partial charge in [0.2, 0.25) is 0 Å². The van der Waals surface area contributed by atoms with Gasteiger partial charge in [-0.1, -0.05) is 25.3 Å². The van der Waals surface area contributed by atoms with Crippen molar-refractivity contribution in [1.82, 2.24) is 0 Å². The lowest BCUT2D eigenvalue weighted by Gasteiger charge is -2.23. The maximum atomic E-state index is 12.4. The fraction of sp³-hybridized carbons (Fsp3) is 0.438. The average molecular weight is 350 g/mol. The normalized spacial score (nSPS) is 19.0. The molecule has 0 aromatic heterocycles. The molecule has 0 radical (unpaired) electrons. The van der Waals surface area contributed by atoms with Gasteiger partial charge in [0.15, 0.2) is 5.78 Å².